The van der Waals surface area contributed by atoms with E-state index < -0.39 is 0 Å². The average molecular weight is 742 g/mol. The largest absolute Gasteiger partial charge is 0.311 e. The first kappa shape index (κ1) is 32.3. The average Bonchev–Trinajstić information content (AvgIpc) is 3.92. The molecule has 1 spiro atoms. The van der Waals surface area contributed by atoms with Crippen LogP contribution in [0.1, 0.15) is 22.3 Å². The summed E-state index contributed by atoms with van der Waals surface area (Å²) in [5, 5.41) is 2.64. The number of rotatable bonds is 5. The van der Waals surface area contributed by atoms with Crippen LogP contribution < -0.4 is 4.90 Å². The van der Waals surface area contributed by atoms with Gasteiger partial charge in [-0.15, -0.1) is 11.3 Å². The highest BCUT2D eigenvalue weighted by Gasteiger charge is 2.52. The highest BCUT2D eigenvalue weighted by molar-refractivity contribution is 7.26. The highest BCUT2D eigenvalue weighted by Crippen LogP contribution is 2.65. The van der Waals surface area contributed by atoms with Crippen LogP contribution in [0, 0.1) is 0 Å². The van der Waals surface area contributed by atoms with Crippen molar-refractivity contribution in [2.24, 2.45) is 0 Å². The molecule has 0 aliphatic heterocycles. The van der Waals surface area contributed by atoms with Crippen molar-refractivity contribution < 1.29 is 0 Å². The lowest BCUT2D eigenvalue weighted by atomic mass is 9.70. The van der Waals surface area contributed by atoms with Crippen LogP contribution in [-0.2, 0) is 5.41 Å². The number of hydrogen-bond acceptors (Lipinski definition) is 2. The maximum Gasteiger partial charge on any atom is 0.0739 e. The highest BCUT2D eigenvalue weighted by atomic mass is 32.1. The molecule has 0 atom stereocenters. The molecule has 0 amide bonds. The van der Waals surface area contributed by atoms with E-state index in [9.17, 15) is 0 Å². The lowest BCUT2D eigenvalue weighted by Crippen LogP contribution is -2.25. The second-order valence-electron chi connectivity index (χ2n) is 15.2. The Labute approximate surface area is 336 Å². The molecular formula is C55H35NS. The van der Waals surface area contributed by atoms with Crippen molar-refractivity contribution in [3.63, 3.8) is 0 Å². The first-order chi connectivity index (χ1) is 28.3. The topological polar surface area (TPSA) is 3.24 Å². The Morgan fingerprint density at radius 3 is 1.37 bits per heavy atom. The van der Waals surface area contributed by atoms with Crippen LogP contribution in [0.2, 0.25) is 0 Å². The van der Waals surface area contributed by atoms with Gasteiger partial charge in [0, 0.05) is 37.2 Å². The predicted octanol–water partition coefficient (Wildman–Crippen LogP) is 15.2. The molecule has 0 radical (unpaired) electrons. The van der Waals surface area contributed by atoms with Crippen molar-refractivity contribution >= 4 is 48.6 Å². The summed E-state index contributed by atoms with van der Waals surface area (Å²) in [5.74, 6) is 0. The molecule has 0 unspecified atom stereocenters. The minimum atomic E-state index is -0.374. The molecule has 12 rings (SSSR count). The summed E-state index contributed by atoms with van der Waals surface area (Å²) < 4.78 is 2.71. The van der Waals surface area contributed by atoms with Gasteiger partial charge >= 0.3 is 0 Å². The number of nitrogens with zero attached hydrogens (tertiary/aromatic N) is 1. The second kappa shape index (κ2) is 12.5. The number of para-hydroxylation sites is 1. The number of anilines is 3. The lowest BCUT2D eigenvalue weighted by molar-refractivity contribution is 0.802. The predicted molar refractivity (Wildman–Crippen MR) is 241 cm³/mol. The van der Waals surface area contributed by atoms with Crippen LogP contribution in [0.5, 0.6) is 0 Å². The first-order valence-electron chi connectivity index (χ1n) is 19.7. The summed E-state index contributed by atoms with van der Waals surface area (Å²) in [4.78, 5) is 2.34. The Hall–Kier alpha value is -7.00. The summed E-state index contributed by atoms with van der Waals surface area (Å²) >= 11 is 1.96. The molecule has 2 aliphatic rings. The van der Waals surface area contributed by atoms with Gasteiger partial charge in [0.15, 0.2) is 0 Å². The Morgan fingerprint density at radius 2 is 0.754 bits per heavy atom. The Bertz CT molecular complexity index is 3090. The third-order valence-corrected chi connectivity index (χ3v) is 13.6. The Balaban J connectivity index is 1.01. The molecule has 1 nitrogen and oxygen atoms in total. The molecule has 9 aromatic carbocycles. The van der Waals surface area contributed by atoms with Crippen LogP contribution in [0.25, 0.3) is 64.7 Å². The molecule has 0 N–H and O–H groups in total. The fourth-order valence-electron chi connectivity index (χ4n) is 9.91. The first-order valence-corrected chi connectivity index (χ1v) is 20.5. The Morgan fingerprint density at radius 1 is 0.298 bits per heavy atom. The van der Waals surface area contributed by atoms with Gasteiger partial charge in [-0.1, -0.05) is 176 Å². The molecule has 0 fully saturated rings. The fourth-order valence-corrected chi connectivity index (χ4v) is 11.3. The van der Waals surface area contributed by atoms with Gasteiger partial charge in [0.25, 0.3) is 0 Å². The van der Waals surface area contributed by atoms with E-state index in [4.69, 9.17) is 0 Å². The van der Waals surface area contributed by atoms with E-state index in [1.165, 1.54) is 86.9 Å². The van der Waals surface area contributed by atoms with E-state index in [-0.39, 0.29) is 5.41 Å². The van der Waals surface area contributed by atoms with Crippen molar-refractivity contribution in [2.75, 3.05) is 4.90 Å². The molecule has 0 saturated carbocycles. The zero-order valence-electron chi connectivity index (χ0n) is 31.1. The number of benzene rings is 9. The van der Waals surface area contributed by atoms with Crippen molar-refractivity contribution in [3.8, 4) is 44.5 Å². The van der Waals surface area contributed by atoms with Crippen molar-refractivity contribution in [2.45, 2.75) is 5.41 Å². The van der Waals surface area contributed by atoms with Crippen LogP contribution >= 0.6 is 11.3 Å². The van der Waals surface area contributed by atoms with Gasteiger partial charge < -0.3 is 4.90 Å². The number of hydrogen-bond donors (Lipinski definition) is 0. The third-order valence-electron chi connectivity index (χ3n) is 12.3. The standard InChI is InChI=1S/C55H35NS/c1-3-14-36(15-4-1)37-26-30-40(31-27-37)56(39-16-5-2-6-17-39)41-32-28-38(29-33-41)42-21-13-22-47-48-35-34-46-45-20-9-12-25-51(45)55(52(46)54(48)57-53(42)47)49-23-10-7-18-43(49)44-19-8-11-24-50(44)55/h1-35H. The summed E-state index contributed by atoms with van der Waals surface area (Å²) in [6, 6.07) is 78.2. The van der Waals surface area contributed by atoms with Gasteiger partial charge in [0.05, 0.1) is 5.41 Å². The molecule has 2 aliphatic carbocycles. The van der Waals surface area contributed by atoms with Gasteiger partial charge in [0.2, 0.25) is 0 Å². The lowest BCUT2D eigenvalue weighted by Gasteiger charge is -2.30. The minimum absolute atomic E-state index is 0.374. The maximum atomic E-state index is 2.40. The van der Waals surface area contributed by atoms with Crippen LogP contribution in [0.3, 0.4) is 0 Å². The third kappa shape index (κ3) is 4.62. The molecule has 57 heavy (non-hydrogen) atoms. The SMILES string of the molecule is c1ccc(-c2ccc(N(c3ccccc3)c3ccc(-c4cccc5c4sc4c6c(ccc45)-c4ccccc4C64c5ccccc5-c5ccccc54)cc3)cc2)cc1. The normalized spacial score (nSPS) is 13.1. The van der Waals surface area contributed by atoms with Gasteiger partial charge in [-0.25, -0.2) is 0 Å². The zero-order valence-corrected chi connectivity index (χ0v) is 31.9. The van der Waals surface area contributed by atoms with Crippen LogP contribution in [0.4, 0.5) is 17.1 Å². The summed E-state index contributed by atoms with van der Waals surface area (Å²) in [6.45, 7) is 0. The quantitative estimate of drug-likeness (QED) is 0.170. The van der Waals surface area contributed by atoms with Gasteiger partial charge in [-0.3, -0.25) is 0 Å². The van der Waals surface area contributed by atoms with E-state index >= 15 is 0 Å². The van der Waals surface area contributed by atoms with E-state index in [2.05, 4.69) is 217 Å². The summed E-state index contributed by atoms with van der Waals surface area (Å²) in [6.07, 6.45) is 0. The number of fused-ring (bicyclic) bond motifs is 14. The molecule has 266 valence electrons. The smallest absolute Gasteiger partial charge is 0.0739 e. The van der Waals surface area contributed by atoms with Crippen molar-refractivity contribution in [3.05, 3.63) is 235 Å². The van der Waals surface area contributed by atoms with Gasteiger partial charge in [0.1, 0.15) is 0 Å². The molecular weight excluding hydrogens is 707 g/mol. The van der Waals surface area contributed by atoms with E-state index in [1.807, 2.05) is 11.3 Å². The van der Waals surface area contributed by atoms with Crippen LogP contribution in [0.15, 0.2) is 212 Å². The van der Waals surface area contributed by atoms with E-state index in [1.54, 1.807) is 0 Å². The summed E-state index contributed by atoms with van der Waals surface area (Å²) in [7, 11) is 0. The fraction of sp³-hybridized carbons (Fsp3) is 0.0182. The number of thiophene rings is 1. The summed E-state index contributed by atoms with van der Waals surface area (Å²) in [5.41, 5.74) is 18.9. The van der Waals surface area contributed by atoms with Gasteiger partial charge in [-0.2, -0.15) is 0 Å². The van der Waals surface area contributed by atoms with Gasteiger partial charge in [-0.05, 0) is 103 Å². The molecule has 0 bridgehead atoms. The van der Waals surface area contributed by atoms with Crippen LogP contribution in [-0.4, -0.2) is 0 Å². The van der Waals surface area contributed by atoms with E-state index in [0.29, 0.717) is 0 Å². The van der Waals surface area contributed by atoms with Crippen molar-refractivity contribution in [1.29, 1.82) is 0 Å². The van der Waals surface area contributed by atoms with E-state index in [0.717, 1.165) is 17.1 Å². The minimum Gasteiger partial charge on any atom is -0.311 e. The molecule has 0 saturated heterocycles. The monoisotopic (exact) mass is 741 g/mol. The zero-order chi connectivity index (χ0) is 37.5. The molecule has 1 heterocycles. The Kier molecular flexibility index (Phi) is 7.08. The molecule has 1 aromatic heterocycles. The van der Waals surface area contributed by atoms with Crippen molar-refractivity contribution in [1.82, 2.24) is 0 Å². The maximum absolute atomic E-state index is 2.40. The molecule has 10 aromatic rings. The second-order valence-corrected chi connectivity index (χ2v) is 16.2. The molecule has 2 heteroatoms.